The zero-order valence-corrected chi connectivity index (χ0v) is 9.84. The van der Waals surface area contributed by atoms with Crippen LogP contribution >= 0.6 is 0 Å². The van der Waals surface area contributed by atoms with Gasteiger partial charge in [0, 0.05) is 0 Å². The first-order chi connectivity index (χ1) is 7.52. The normalized spacial score (nSPS) is 13.1. The van der Waals surface area contributed by atoms with Crippen molar-refractivity contribution >= 4 is 5.91 Å². The van der Waals surface area contributed by atoms with Gasteiger partial charge in [-0.2, -0.15) is 0 Å². The number of carbonyl (C=O) groups is 1. The molecule has 0 bridgehead atoms. The molecule has 6 heteroatoms. The van der Waals surface area contributed by atoms with E-state index < -0.39 is 5.91 Å². The van der Waals surface area contributed by atoms with Crippen LogP contribution in [0.1, 0.15) is 55.3 Å². The van der Waals surface area contributed by atoms with Gasteiger partial charge in [0.15, 0.2) is 5.69 Å². The molecule has 16 heavy (non-hydrogen) atoms. The van der Waals surface area contributed by atoms with E-state index in [1.807, 2.05) is 20.8 Å². The molecule has 0 spiro atoms. The predicted molar refractivity (Wildman–Crippen MR) is 59.0 cm³/mol. The molecule has 0 aliphatic heterocycles. The van der Waals surface area contributed by atoms with Crippen molar-refractivity contribution in [3.63, 3.8) is 0 Å². The van der Waals surface area contributed by atoms with Crippen LogP contribution in [0.3, 0.4) is 0 Å². The number of nitrogens with two attached hydrogens (primary N) is 1. The summed E-state index contributed by atoms with van der Waals surface area (Å²) < 4.78 is 1.60. The second-order valence-corrected chi connectivity index (χ2v) is 4.03. The van der Waals surface area contributed by atoms with Gasteiger partial charge in [-0.15, -0.1) is 5.10 Å². The Morgan fingerprint density at radius 3 is 2.56 bits per heavy atom. The highest BCUT2D eigenvalue weighted by Gasteiger charge is 2.23. The first kappa shape index (κ1) is 12.6. The van der Waals surface area contributed by atoms with Crippen LogP contribution in [0.2, 0.25) is 0 Å². The summed E-state index contributed by atoms with van der Waals surface area (Å²) in [7, 11) is 0. The van der Waals surface area contributed by atoms with E-state index in [9.17, 15) is 9.90 Å². The summed E-state index contributed by atoms with van der Waals surface area (Å²) in [6, 6.07) is -0.155. The second-order valence-electron chi connectivity index (χ2n) is 4.03. The van der Waals surface area contributed by atoms with Crippen LogP contribution in [0.5, 0.6) is 0 Å². The molecule has 0 aliphatic rings. The maximum atomic E-state index is 11.2. The fourth-order valence-electron chi connectivity index (χ4n) is 1.66. The van der Waals surface area contributed by atoms with Crippen molar-refractivity contribution in [3.05, 3.63) is 11.4 Å². The minimum atomic E-state index is -0.581. The molecule has 0 saturated heterocycles. The lowest BCUT2D eigenvalue weighted by Crippen LogP contribution is -2.20. The predicted octanol–water partition coefficient (Wildman–Crippen LogP) is 0.444. The zero-order valence-electron chi connectivity index (χ0n) is 9.84. The molecule has 0 radical (unpaired) electrons. The molecule has 1 rings (SSSR count). The van der Waals surface area contributed by atoms with Gasteiger partial charge in [-0.25, -0.2) is 4.68 Å². The van der Waals surface area contributed by atoms with Crippen molar-refractivity contribution in [1.82, 2.24) is 15.0 Å². The Kier molecular flexibility index (Phi) is 4.00. The monoisotopic (exact) mass is 226 g/mol. The van der Waals surface area contributed by atoms with Gasteiger partial charge >= 0.3 is 0 Å². The highest BCUT2D eigenvalue weighted by atomic mass is 16.3. The largest absolute Gasteiger partial charge is 0.394 e. The van der Waals surface area contributed by atoms with Gasteiger partial charge in [-0.3, -0.25) is 4.79 Å². The van der Waals surface area contributed by atoms with Gasteiger partial charge in [0.2, 0.25) is 0 Å². The van der Waals surface area contributed by atoms with Crippen LogP contribution in [-0.4, -0.2) is 32.6 Å². The summed E-state index contributed by atoms with van der Waals surface area (Å²) in [6.07, 6.45) is 0.720. The Hall–Kier alpha value is -1.43. The fourth-order valence-corrected chi connectivity index (χ4v) is 1.66. The van der Waals surface area contributed by atoms with Gasteiger partial charge in [0.1, 0.15) is 0 Å². The molecule has 3 N–H and O–H groups in total. The van der Waals surface area contributed by atoms with Crippen LogP contribution in [-0.2, 0) is 0 Å². The molecule has 0 fully saturated rings. The molecule has 6 nitrogen and oxygen atoms in total. The molecule has 0 aromatic carbocycles. The lowest BCUT2D eigenvalue weighted by Gasteiger charge is -2.17. The number of aliphatic hydroxyl groups excluding tert-OH is 1. The number of nitrogens with zero attached hydrogens (tertiary/aromatic N) is 3. The molecule has 90 valence electrons. The summed E-state index contributed by atoms with van der Waals surface area (Å²) in [6.45, 7) is 5.78. The SMILES string of the molecule is CCC(CO)n1nnc(C(N)=O)c1C(C)C. The molecule has 1 heterocycles. The van der Waals surface area contributed by atoms with Crippen LogP contribution in [0.4, 0.5) is 0 Å². The van der Waals surface area contributed by atoms with Crippen molar-refractivity contribution in [2.75, 3.05) is 6.61 Å². The van der Waals surface area contributed by atoms with Gasteiger partial charge < -0.3 is 10.8 Å². The van der Waals surface area contributed by atoms with Crippen molar-refractivity contribution in [2.24, 2.45) is 5.73 Å². The Labute approximate surface area is 94.4 Å². The van der Waals surface area contributed by atoms with Crippen LogP contribution < -0.4 is 5.73 Å². The first-order valence-corrected chi connectivity index (χ1v) is 5.38. The van der Waals surface area contributed by atoms with Crippen molar-refractivity contribution < 1.29 is 9.90 Å². The molecule has 1 amide bonds. The molecule has 1 aromatic rings. The third-order valence-electron chi connectivity index (χ3n) is 2.54. The van der Waals surface area contributed by atoms with Crippen LogP contribution in [0.25, 0.3) is 0 Å². The molecule has 1 aromatic heterocycles. The molecule has 0 saturated carbocycles. The number of rotatable bonds is 5. The minimum Gasteiger partial charge on any atom is -0.394 e. The maximum Gasteiger partial charge on any atom is 0.271 e. The van der Waals surface area contributed by atoms with Gasteiger partial charge in [-0.05, 0) is 12.3 Å². The van der Waals surface area contributed by atoms with E-state index in [4.69, 9.17) is 5.73 Å². The quantitative estimate of drug-likeness (QED) is 0.761. The number of primary amides is 1. The summed E-state index contributed by atoms with van der Waals surface area (Å²) in [4.78, 5) is 11.2. The first-order valence-electron chi connectivity index (χ1n) is 5.38. The van der Waals surface area contributed by atoms with E-state index in [2.05, 4.69) is 10.3 Å². The van der Waals surface area contributed by atoms with Crippen LogP contribution in [0, 0.1) is 0 Å². The Morgan fingerprint density at radius 1 is 1.56 bits per heavy atom. The van der Waals surface area contributed by atoms with Crippen LogP contribution in [0.15, 0.2) is 0 Å². The Bertz CT molecular complexity index is 369. The summed E-state index contributed by atoms with van der Waals surface area (Å²) in [5.74, 6) is -0.499. The molecule has 1 atom stereocenters. The number of carbonyl (C=O) groups excluding carboxylic acids is 1. The third kappa shape index (κ3) is 2.21. The molecule has 1 unspecified atom stereocenters. The zero-order chi connectivity index (χ0) is 12.3. The van der Waals surface area contributed by atoms with E-state index in [1.165, 1.54) is 0 Å². The smallest absolute Gasteiger partial charge is 0.271 e. The van der Waals surface area contributed by atoms with E-state index in [0.29, 0.717) is 5.69 Å². The second kappa shape index (κ2) is 5.07. The summed E-state index contributed by atoms with van der Waals surface area (Å²) in [5.41, 5.74) is 6.12. The molecule has 0 aliphatic carbocycles. The van der Waals surface area contributed by atoms with Gasteiger partial charge in [0.05, 0.1) is 18.3 Å². The highest BCUT2D eigenvalue weighted by molar-refractivity contribution is 5.91. The van der Waals surface area contributed by atoms with E-state index in [1.54, 1.807) is 4.68 Å². The number of amides is 1. The topological polar surface area (TPSA) is 94.0 Å². The number of aromatic nitrogens is 3. The molecular formula is C10H18N4O2. The minimum absolute atomic E-state index is 0.0300. The summed E-state index contributed by atoms with van der Waals surface area (Å²) >= 11 is 0. The van der Waals surface area contributed by atoms with Gasteiger partial charge in [-0.1, -0.05) is 26.0 Å². The fraction of sp³-hybridized carbons (Fsp3) is 0.700. The van der Waals surface area contributed by atoms with E-state index >= 15 is 0 Å². The summed E-state index contributed by atoms with van der Waals surface area (Å²) in [5, 5.41) is 16.9. The number of hydrogen-bond acceptors (Lipinski definition) is 4. The Morgan fingerprint density at radius 2 is 2.19 bits per heavy atom. The van der Waals surface area contributed by atoms with Crippen molar-refractivity contribution in [2.45, 2.75) is 39.2 Å². The average Bonchev–Trinajstić information content (AvgIpc) is 2.64. The third-order valence-corrected chi connectivity index (χ3v) is 2.54. The lowest BCUT2D eigenvalue weighted by atomic mass is 10.1. The van der Waals surface area contributed by atoms with E-state index in [-0.39, 0.29) is 24.3 Å². The van der Waals surface area contributed by atoms with E-state index in [0.717, 1.165) is 6.42 Å². The highest BCUT2D eigenvalue weighted by Crippen LogP contribution is 2.22. The molecular weight excluding hydrogens is 208 g/mol. The standard InChI is InChI=1S/C10H18N4O2/c1-4-7(5-15)14-9(6(2)3)8(10(11)16)12-13-14/h6-7,15H,4-5H2,1-3H3,(H2,11,16). The van der Waals surface area contributed by atoms with Crippen molar-refractivity contribution in [1.29, 1.82) is 0 Å². The van der Waals surface area contributed by atoms with Crippen molar-refractivity contribution in [3.8, 4) is 0 Å². The van der Waals surface area contributed by atoms with Gasteiger partial charge in [0.25, 0.3) is 5.91 Å². The average molecular weight is 226 g/mol. The maximum absolute atomic E-state index is 11.2. The Balaban J connectivity index is 3.24. The number of aliphatic hydroxyl groups is 1. The number of hydrogen-bond donors (Lipinski definition) is 2. The lowest BCUT2D eigenvalue weighted by molar-refractivity contribution is 0.0994.